The summed E-state index contributed by atoms with van der Waals surface area (Å²) in [6.45, 7) is 5.25. The van der Waals surface area contributed by atoms with Crippen LogP contribution in [0.2, 0.25) is 0 Å². The Kier molecular flexibility index (Phi) is 3.17. The molecule has 2 saturated carbocycles. The monoisotopic (exact) mass is 210 g/mol. The van der Waals surface area contributed by atoms with Gasteiger partial charge in [-0.3, -0.25) is 0 Å². The molecule has 3 nitrogen and oxygen atoms in total. The van der Waals surface area contributed by atoms with E-state index >= 15 is 0 Å². The summed E-state index contributed by atoms with van der Waals surface area (Å²) in [6.07, 6.45) is 6.02. The van der Waals surface area contributed by atoms with Crippen molar-refractivity contribution >= 4 is 6.03 Å². The average molecular weight is 210 g/mol. The van der Waals surface area contributed by atoms with Gasteiger partial charge in [-0.1, -0.05) is 13.8 Å². The van der Waals surface area contributed by atoms with Gasteiger partial charge in [-0.2, -0.15) is 0 Å². The van der Waals surface area contributed by atoms with Crippen molar-refractivity contribution in [3.8, 4) is 0 Å². The summed E-state index contributed by atoms with van der Waals surface area (Å²) in [5, 5.41) is 3.13. The van der Waals surface area contributed by atoms with Crippen LogP contribution in [0.15, 0.2) is 0 Å². The van der Waals surface area contributed by atoms with Crippen molar-refractivity contribution in [2.45, 2.75) is 58.0 Å². The minimum Gasteiger partial charge on any atom is -0.335 e. The third-order valence-corrected chi connectivity index (χ3v) is 3.24. The first-order valence-electron chi connectivity index (χ1n) is 6.24. The Morgan fingerprint density at radius 2 is 2.00 bits per heavy atom. The van der Waals surface area contributed by atoms with Crippen molar-refractivity contribution in [1.82, 2.24) is 10.2 Å². The van der Waals surface area contributed by atoms with Gasteiger partial charge in [-0.25, -0.2) is 4.79 Å². The smallest absolute Gasteiger partial charge is 0.317 e. The van der Waals surface area contributed by atoms with E-state index < -0.39 is 0 Å². The molecule has 0 aromatic rings. The molecule has 86 valence electrons. The second-order valence-electron chi connectivity index (χ2n) is 5.35. The van der Waals surface area contributed by atoms with Crippen LogP contribution in [0, 0.1) is 5.92 Å². The fourth-order valence-electron chi connectivity index (χ4n) is 1.99. The van der Waals surface area contributed by atoms with E-state index in [1.165, 1.54) is 32.1 Å². The number of nitrogens with one attached hydrogen (secondary N) is 1. The lowest BCUT2D eigenvalue weighted by molar-refractivity contribution is 0.176. The molecule has 2 amide bonds. The van der Waals surface area contributed by atoms with E-state index in [-0.39, 0.29) is 6.03 Å². The molecule has 0 aliphatic heterocycles. The predicted molar refractivity (Wildman–Crippen MR) is 60.7 cm³/mol. The Morgan fingerprint density at radius 1 is 1.33 bits per heavy atom. The van der Waals surface area contributed by atoms with Crippen LogP contribution in [0.25, 0.3) is 0 Å². The van der Waals surface area contributed by atoms with Gasteiger partial charge in [-0.15, -0.1) is 0 Å². The molecular formula is C12H22N2O. The van der Waals surface area contributed by atoms with Gasteiger partial charge in [0.2, 0.25) is 0 Å². The Balaban J connectivity index is 1.82. The van der Waals surface area contributed by atoms with Gasteiger partial charge in [-0.05, 0) is 38.0 Å². The van der Waals surface area contributed by atoms with Gasteiger partial charge in [0.05, 0.1) is 0 Å². The summed E-state index contributed by atoms with van der Waals surface area (Å²) in [6, 6.07) is 1.18. The van der Waals surface area contributed by atoms with Crippen LogP contribution >= 0.6 is 0 Å². The Morgan fingerprint density at radius 3 is 2.40 bits per heavy atom. The number of carbonyl (C=O) groups excluding carboxylic acids is 1. The van der Waals surface area contributed by atoms with Crippen molar-refractivity contribution in [3.63, 3.8) is 0 Å². The fourth-order valence-corrected chi connectivity index (χ4v) is 1.99. The maximum absolute atomic E-state index is 12.0. The lowest BCUT2D eigenvalue weighted by Crippen LogP contribution is -2.49. The van der Waals surface area contributed by atoms with E-state index in [0.717, 1.165) is 6.54 Å². The summed E-state index contributed by atoms with van der Waals surface area (Å²) >= 11 is 0. The van der Waals surface area contributed by atoms with Gasteiger partial charge in [0, 0.05) is 18.6 Å². The molecule has 0 radical (unpaired) electrons. The van der Waals surface area contributed by atoms with Crippen molar-refractivity contribution in [2.24, 2.45) is 5.92 Å². The zero-order chi connectivity index (χ0) is 10.8. The molecule has 2 aliphatic carbocycles. The first-order chi connectivity index (χ1) is 7.16. The van der Waals surface area contributed by atoms with Crippen molar-refractivity contribution < 1.29 is 4.79 Å². The number of amides is 2. The van der Waals surface area contributed by atoms with Crippen LogP contribution in [-0.2, 0) is 0 Å². The number of urea groups is 1. The molecule has 2 fully saturated rings. The Labute approximate surface area is 92.2 Å². The van der Waals surface area contributed by atoms with Crippen molar-refractivity contribution in [3.05, 3.63) is 0 Å². The molecule has 0 bridgehead atoms. The summed E-state index contributed by atoms with van der Waals surface area (Å²) in [5.74, 6) is 0.567. The molecule has 2 aliphatic rings. The van der Waals surface area contributed by atoms with E-state index in [0.29, 0.717) is 18.0 Å². The molecule has 2 rings (SSSR count). The lowest BCUT2D eigenvalue weighted by Gasteiger charge is -2.31. The van der Waals surface area contributed by atoms with Crippen LogP contribution in [0.5, 0.6) is 0 Å². The highest BCUT2D eigenvalue weighted by Gasteiger charge is 2.34. The average Bonchev–Trinajstić information content (AvgIpc) is 2.89. The zero-order valence-corrected chi connectivity index (χ0v) is 9.83. The highest BCUT2D eigenvalue weighted by molar-refractivity contribution is 5.75. The van der Waals surface area contributed by atoms with Gasteiger partial charge >= 0.3 is 6.03 Å². The van der Waals surface area contributed by atoms with E-state index in [9.17, 15) is 4.79 Å². The molecule has 0 heterocycles. The summed E-state index contributed by atoms with van der Waals surface area (Å²) < 4.78 is 0. The summed E-state index contributed by atoms with van der Waals surface area (Å²) in [5.41, 5.74) is 0. The van der Waals surface area contributed by atoms with E-state index in [1.807, 2.05) is 4.90 Å². The second-order valence-corrected chi connectivity index (χ2v) is 5.35. The maximum Gasteiger partial charge on any atom is 0.317 e. The van der Waals surface area contributed by atoms with Gasteiger partial charge in [0.1, 0.15) is 0 Å². The molecule has 15 heavy (non-hydrogen) atoms. The molecule has 0 unspecified atom stereocenters. The van der Waals surface area contributed by atoms with Crippen molar-refractivity contribution in [2.75, 3.05) is 6.54 Å². The third-order valence-electron chi connectivity index (χ3n) is 3.24. The highest BCUT2D eigenvalue weighted by Crippen LogP contribution is 2.28. The predicted octanol–water partition coefficient (Wildman–Crippen LogP) is 2.37. The van der Waals surface area contributed by atoms with Crippen LogP contribution in [0.4, 0.5) is 4.79 Å². The van der Waals surface area contributed by atoms with Gasteiger partial charge < -0.3 is 10.2 Å². The minimum absolute atomic E-state index is 0.177. The number of hydrogen-bond acceptors (Lipinski definition) is 1. The standard InChI is InChI=1S/C12H22N2O/c1-9(2)8-14(11-6-7-11)12(15)13-10-4-3-5-10/h9-11H,3-8H2,1-2H3,(H,13,15). The minimum atomic E-state index is 0.177. The molecule has 0 spiro atoms. The molecule has 0 aromatic carbocycles. The molecule has 0 aromatic heterocycles. The molecular weight excluding hydrogens is 188 g/mol. The van der Waals surface area contributed by atoms with E-state index in [1.54, 1.807) is 0 Å². The molecule has 0 saturated heterocycles. The summed E-state index contributed by atoms with van der Waals surface area (Å²) in [7, 11) is 0. The van der Waals surface area contributed by atoms with E-state index in [2.05, 4.69) is 19.2 Å². The molecule has 1 N–H and O–H groups in total. The van der Waals surface area contributed by atoms with Gasteiger partial charge in [0.25, 0.3) is 0 Å². The Hall–Kier alpha value is -0.730. The number of nitrogens with zero attached hydrogens (tertiary/aromatic N) is 1. The highest BCUT2D eigenvalue weighted by atomic mass is 16.2. The van der Waals surface area contributed by atoms with Crippen LogP contribution in [0.1, 0.15) is 46.0 Å². The number of carbonyl (C=O) groups is 1. The number of hydrogen-bond donors (Lipinski definition) is 1. The lowest BCUT2D eigenvalue weighted by atomic mass is 9.93. The summed E-state index contributed by atoms with van der Waals surface area (Å²) in [4.78, 5) is 14.0. The van der Waals surface area contributed by atoms with Crippen molar-refractivity contribution in [1.29, 1.82) is 0 Å². The molecule has 0 atom stereocenters. The Bertz CT molecular complexity index is 232. The first-order valence-corrected chi connectivity index (χ1v) is 6.24. The molecule has 3 heteroatoms. The van der Waals surface area contributed by atoms with E-state index in [4.69, 9.17) is 0 Å². The van der Waals surface area contributed by atoms with Crippen LogP contribution < -0.4 is 5.32 Å². The quantitative estimate of drug-likeness (QED) is 0.759. The normalized spacial score (nSPS) is 21.3. The van der Waals surface area contributed by atoms with Gasteiger partial charge in [0.15, 0.2) is 0 Å². The third kappa shape index (κ3) is 2.86. The SMILES string of the molecule is CC(C)CN(C(=O)NC1CCC1)C1CC1. The second kappa shape index (κ2) is 4.42. The largest absolute Gasteiger partial charge is 0.335 e. The zero-order valence-electron chi connectivity index (χ0n) is 9.83. The maximum atomic E-state index is 12.0. The first kappa shape index (κ1) is 10.8. The fraction of sp³-hybridized carbons (Fsp3) is 0.917. The van der Waals surface area contributed by atoms with Crippen LogP contribution in [0.3, 0.4) is 0 Å². The topological polar surface area (TPSA) is 32.3 Å². The van der Waals surface area contributed by atoms with Crippen LogP contribution in [-0.4, -0.2) is 29.6 Å². The number of rotatable bonds is 4.